The molecule has 0 bridgehead atoms. The van der Waals surface area contributed by atoms with E-state index in [0.29, 0.717) is 18.8 Å². The summed E-state index contributed by atoms with van der Waals surface area (Å²) in [6, 6.07) is 5.16. The minimum atomic E-state index is 0.134. The second-order valence-corrected chi connectivity index (χ2v) is 4.45. The van der Waals surface area contributed by atoms with Crippen LogP contribution in [0.25, 0.3) is 6.08 Å². The second kappa shape index (κ2) is 8.97. The molecule has 0 aliphatic carbocycles. The van der Waals surface area contributed by atoms with Crippen LogP contribution in [-0.2, 0) is 4.79 Å². The monoisotopic (exact) mass is 274 g/mol. The van der Waals surface area contributed by atoms with Crippen LogP contribution in [-0.4, -0.2) is 17.5 Å². The Morgan fingerprint density at radius 3 is 2.80 bits per heavy atom. The number of ether oxygens (including phenoxy) is 1. The molecule has 1 aromatic carbocycles. The molecular weight excluding hydrogens is 252 g/mol. The molecule has 0 aliphatic heterocycles. The number of carbonyl (C=O) groups excluding carboxylic acids is 1. The molecule has 20 heavy (non-hydrogen) atoms. The van der Waals surface area contributed by atoms with E-state index in [-0.39, 0.29) is 11.5 Å². The van der Waals surface area contributed by atoms with Gasteiger partial charge >= 0.3 is 0 Å². The largest absolute Gasteiger partial charge is 0.504 e. The maximum Gasteiger partial charge on any atom is 0.161 e. The smallest absolute Gasteiger partial charge is 0.161 e. The molecule has 0 heterocycles. The van der Waals surface area contributed by atoms with Gasteiger partial charge in [0, 0.05) is 6.42 Å². The normalized spacial score (nSPS) is 11.3. The lowest BCUT2D eigenvalue weighted by atomic mass is 10.1. The van der Waals surface area contributed by atoms with Gasteiger partial charge in [0.15, 0.2) is 17.3 Å². The fraction of sp³-hybridized carbons (Fsp3) is 0.353. The molecule has 0 amide bonds. The highest BCUT2D eigenvalue weighted by molar-refractivity contribution is 5.89. The molecule has 0 saturated heterocycles. The Morgan fingerprint density at radius 1 is 1.30 bits per heavy atom. The van der Waals surface area contributed by atoms with E-state index < -0.39 is 0 Å². The van der Waals surface area contributed by atoms with Crippen molar-refractivity contribution >= 4 is 11.9 Å². The Hall–Kier alpha value is -2.03. The lowest BCUT2D eigenvalue weighted by molar-refractivity contribution is -0.114. The van der Waals surface area contributed by atoms with Gasteiger partial charge in [0.25, 0.3) is 0 Å². The first kappa shape index (κ1) is 16.0. The van der Waals surface area contributed by atoms with E-state index in [4.69, 9.17) is 4.74 Å². The molecule has 108 valence electrons. The third kappa shape index (κ3) is 5.74. The molecule has 0 saturated carbocycles. The first-order valence-corrected chi connectivity index (χ1v) is 7.00. The van der Waals surface area contributed by atoms with E-state index in [0.717, 1.165) is 18.4 Å². The lowest BCUT2D eigenvalue weighted by Crippen LogP contribution is -1.92. The van der Waals surface area contributed by atoms with Crippen molar-refractivity contribution < 1.29 is 14.6 Å². The number of carbonyl (C=O) groups is 1. The summed E-state index contributed by atoms with van der Waals surface area (Å²) in [6.45, 7) is 4.44. The number of hydrogen-bond donors (Lipinski definition) is 1. The Labute approximate surface area is 120 Å². The van der Waals surface area contributed by atoms with Gasteiger partial charge in [-0.1, -0.05) is 37.6 Å². The Morgan fingerprint density at radius 2 is 2.10 bits per heavy atom. The number of phenolic OH excluding ortho intramolecular Hbond substituents is 1. The van der Waals surface area contributed by atoms with Gasteiger partial charge in [0.05, 0.1) is 6.61 Å². The third-order valence-electron chi connectivity index (χ3n) is 2.74. The van der Waals surface area contributed by atoms with E-state index in [1.54, 1.807) is 30.4 Å². The first-order valence-electron chi connectivity index (χ1n) is 7.00. The Balaban J connectivity index is 2.59. The third-order valence-corrected chi connectivity index (χ3v) is 2.74. The summed E-state index contributed by atoms with van der Waals surface area (Å²) in [4.78, 5) is 11.4. The molecule has 3 nitrogen and oxygen atoms in total. The van der Waals surface area contributed by atoms with Crippen LogP contribution in [0, 0.1) is 0 Å². The number of ketones is 1. The molecule has 0 aliphatic rings. The molecule has 1 rings (SSSR count). The summed E-state index contributed by atoms with van der Waals surface area (Å²) in [5.41, 5.74) is 0.914. The first-order chi connectivity index (χ1) is 9.67. The van der Waals surface area contributed by atoms with Gasteiger partial charge in [0.2, 0.25) is 0 Å². The van der Waals surface area contributed by atoms with Crippen molar-refractivity contribution in [3.8, 4) is 11.5 Å². The summed E-state index contributed by atoms with van der Waals surface area (Å²) < 4.78 is 5.31. The van der Waals surface area contributed by atoms with Crippen LogP contribution in [0.5, 0.6) is 11.5 Å². The average molecular weight is 274 g/mol. The highest BCUT2D eigenvalue weighted by Crippen LogP contribution is 2.27. The SMILES string of the molecule is CCCCC(=O)C=CC=Cc1ccc(O)c(OCC)c1. The number of hydrogen-bond acceptors (Lipinski definition) is 3. The van der Waals surface area contributed by atoms with Gasteiger partial charge in [-0.2, -0.15) is 0 Å². The van der Waals surface area contributed by atoms with Gasteiger partial charge in [-0.05, 0) is 37.1 Å². The van der Waals surface area contributed by atoms with Crippen molar-refractivity contribution in [3.05, 3.63) is 42.0 Å². The number of benzene rings is 1. The average Bonchev–Trinajstić information content (AvgIpc) is 2.45. The topological polar surface area (TPSA) is 46.5 Å². The molecule has 0 aromatic heterocycles. The molecule has 3 heteroatoms. The standard InChI is InChI=1S/C17H22O3/c1-3-5-9-15(18)10-7-6-8-14-11-12-16(19)17(13-14)20-4-2/h6-8,10-13,19H,3-5,9H2,1-2H3. The predicted molar refractivity (Wildman–Crippen MR) is 82.0 cm³/mol. The maximum atomic E-state index is 11.4. The molecular formula is C17H22O3. The van der Waals surface area contributed by atoms with Gasteiger partial charge in [-0.25, -0.2) is 0 Å². The zero-order valence-corrected chi connectivity index (χ0v) is 12.1. The predicted octanol–water partition coefficient (Wildman–Crippen LogP) is 4.12. The zero-order valence-electron chi connectivity index (χ0n) is 12.1. The van der Waals surface area contributed by atoms with E-state index in [1.807, 2.05) is 19.1 Å². The van der Waals surface area contributed by atoms with Gasteiger partial charge in [-0.3, -0.25) is 4.79 Å². The molecule has 0 spiro atoms. The van der Waals surface area contributed by atoms with Crippen molar-refractivity contribution in [2.45, 2.75) is 33.1 Å². The maximum absolute atomic E-state index is 11.4. The van der Waals surface area contributed by atoms with Gasteiger partial charge < -0.3 is 9.84 Å². The van der Waals surface area contributed by atoms with Crippen molar-refractivity contribution in [1.82, 2.24) is 0 Å². The van der Waals surface area contributed by atoms with Gasteiger partial charge in [0.1, 0.15) is 0 Å². The number of allylic oxidation sites excluding steroid dienone is 3. The van der Waals surface area contributed by atoms with Crippen molar-refractivity contribution in [2.24, 2.45) is 0 Å². The van der Waals surface area contributed by atoms with E-state index in [9.17, 15) is 9.90 Å². The van der Waals surface area contributed by atoms with Crippen LogP contribution in [0.3, 0.4) is 0 Å². The van der Waals surface area contributed by atoms with Crippen LogP contribution >= 0.6 is 0 Å². The minimum absolute atomic E-state index is 0.134. The number of phenols is 1. The molecule has 0 atom stereocenters. The van der Waals surface area contributed by atoms with Crippen molar-refractivity contribution in [1.29, 1.82) is 0 Å². The van der Waals surface area contributed by atoms with E-state index in [1.165, 1.54) is 0 Å². The summed E-state index contributed by atoms with van der Waals surface area (Å²) in [7, 11) is 0. The molecule has 1 N–H and O–H groups in total. The number of aromatic hydroxyl groups is 1. The van der Waals surface area contributed by atoms with Crippen LogP contribution < -0.4 is 4.74 Å². The summed E-state index contributed by atoms with van der Waals surface area (Å²) in [6.07, 6.45) is 9.58. The lowest BCUT2D eigenvalue weighted by Gasteiger charge is -2.05. The number of unbranched alkanes of at least 4 members (excludes halogenated alkanes) is 1. The fourth-order valence-electron chi connectivity index (χ4n) is 1.67. The molecule has 0 unspecified atom stereocenters. The Kier molecular flexibility index (Phi) is 7.18. The molecule has 0 radical (unpaired) electrons. The van der Waals surface area contributed by atoms with Gasteiger partial charge in [-0.15, -0.1) is 0 Å². The molecule has 1 aromatic rings. The van der Waals surface area contributed by atoms with Crippen LogP contribution in [0.4, 0.5) is 0 Å². The van der Waals surface area contributed by atoms with Crippen molar-refractivity contribution in [3.63, 3.8) is 0 Å². The van der Waals surface area contributed by atoms with Crippen LogP contribution in [0.2, 0.25) is 0 Å². The van der Waals surface area contributed by atoms with E-state index >= 15 is 0 Å². The summed E-state index contributed by atoms with van der Waals surface area (Å²) in [5, 5.41) is 9.59. The molecule has 0 fully saturated rings. The zero-order chi connectivity index (χ0) is 14.8. The van der Waals surface area contributed by atoms with Crippen LogP contribution in [0.1, 0.15) is 38.7 Å². The van der Waals surface area contributed by atoms with E-state index in [2.05, 4.69) is 6.92 Å². The highest BCUT2D eigenvalue weighted by atomic mass is 16.5. The Bertz CT molecular complexity index is 487. The van der Waals surface area contributed by atoms with Crippen LogP contribution in [0.15, 0.2) is 36.4 Å². The summed E-state index contributed by atoms with van der Waals surface area (Å²) in [5.74, 6) is 0.754. The quantitative estimate of drug-likeness (QED) is 0.573. The summed E-state index contributed by atoms with van der Waals surface area (Å²) >= 11 is 0. The second-order valence-electron chi connectivity index (χ2n) is 4.45. The number of rotatable bonds is 8. The van der Waals surface area contributed by atoms with Crippen molar-refractivity contribution in [2.75, 3.05) is 6.61 Å². The minimum Gasteiger partial charge on any atom is -0.504 e. The fourth-order valence-corrected chi connectivity index (χ4v) is 1.67. The highest BCUT2D eigenvalue weighted by Gasteiger charge is 2.01.